The zero-order valence-corrected chi connectivity index (χ0v) is 21.5. The van der Waals surface area contributed by atoms with Gasteiger partial charge in [0.1, 0.15) is 0 Å². The smallest absolute Gasteiger partial charge is 0.251 e. The number of carbonyl (C=O) groups excluding carboxylic acids is 1. The van der Waals surface area contributed by atoms with Crippen LogP contribution in [0.3, 0.4) is 0 Å². The van der Waals surface area contributed by atoms with Gasteiger partial charge in [-0.15, -0.1) is 0 Å². The Bertz CT molecular complexity index is 1460. The molecule has 1 aliphatic carbocycles. The molecule has 1 amide bonds. The molecule has 0 saturated heterocycles. The average Bonchev–Trinajstić information content (AvgIpc) is 3.16. The molecular weight excluding hydrogens is 519 g/mol. The molecule has 0 aromatic heterocycles. The summed E-state index contributed by atoms with van der Waals surface area (Å²) in [6.45, 7) is 0.298. The molecule has 0 fully saturated rings. The molecule has 1 aliphatic heterocycles. The summed E-state index contributed by atoms with van der Waals surface area (Å²) in [6, 6.07) is 19.0. The maximum absolute atomic E-state index is 13.0. The molecule has 174 valence electrons. The molecule has 0 spiro atoms. The van der Waals surface area contributed by atoms with Crippen molar-refractivity contribution in [3.05, 3.63) is 122 Å². The fourth-order valence-corrected chi connectivity index (χ4v) is 5.46. The third-order valence-electron chi connectivity index (χ3n) is 5.62. The van der Waals surface area contributed by atoms with Crippen LogP contribution in [0.2, 0.25) is 10.0 Å². The Labute approximate surface area is 223 Å². The molecular formula is C28H19Cl3N2OS. The summed E-state index contributed by atoms with van der Waals surface area (Å²) in [4.78, 5) is 20.1. The van der Waals surface area contributed by atoms with Gasteiger partial charge in [0.25, 0.3) is 5.91 Å². The second-order valence-electron chi connectivity index (χ2n) is 7.98. The largest absolute Gasteiger partial charge is 0.348 e. The first kappa shape index (κ1) is 24.0. The summed E-state index contributed by atoms with van der Waals surface area (Å²) < 4.78 is 0. The number of hydrogen-bond acceptors (Lipinski definition) is 3. The molecule has 0 saturated carbocycles. The fraction of sp³-hybridized carbons (Fsp3) is 0.0714. The van der Waals surface area contributed by atoms with Crippen molar-refractivity contribution in [2.75, 3.05) is 0 Å². The van der Waals surface area contributed by atoms with Crippen LogP contribution in [-0.2, 0) is 6.54 Å². The molecule has 3 aromatic carbocycles. The number of allylic oxidation sites excluding steroid dienone is 6. The summed E-state index contributed by atoms with van der Waals surface area (Å²) >= 11 is 20.1. The van der Waals surface area contributed by atoms with Crippen LogP contribution in [0, 0.1) is 0 Å². The number of nitrogens with zero attached hydrogens (tertiary/aromatic N) is 1. The summed E-state index contributed by atoms with van der Waals surface area (Å²) in [5.74, 6) is -0.202. The van der Waals surface area contributed by atoms with Crippen LogP contribution < -0.4 is 5.32 Å². The molecule has 0 bridgehead atoms. The van der Waals surface area contributed by atoms with Crippen LogP contribution in [-0.4, -0.2) is 11.6 Å². The van der Waals surface area contributed by atoms with Gasteiger partial charge in [-0.2, -0.15) is 0 Å². The highest BCUT2D eigenvalue weighted by atomic mass is 35.5. The normalized spacial score (nSPS) is 14.5. The van der Waals surface area contributed by atoms with E-state index in [9.17, 15) is 4.79 Å². The van der Waals surface area contributed by atoms with Gasteiger partial charge in [-0.3, -0.25) is 4.79 Å². The van der Waals surface area contributed by atoms with Gasteiger partial charge in [0, 0.05) is 42.5 Å². The molecule has 35 heavy (non-hydrogen) atoms. The van der Waals surface area contributed by atoms with E-state index in [0.29, 0.717) is 27.2 Å². The summed E-state index contributed by atoms with van der Waals surface area (Å²) in [5, 5.41) is 4.71. The third-order valence-corrected chi connectivity index (χ3v) is 7.62. The number of fused-ring (bicyclic) bond motifs is 2. The van der Waals surface area contributed by atoms with Crippen LogP contribution in [0.1, 0.15) is 27.9 Å². The number of halogens is 3. The molecule has 0 atom stereocenters. The topological polar surface area (TPSA) is 41.5 Å². The van der Waals surface area contributed by atoms with E-state index in [1.807, 2.05) is 54.6 Å². The van der Waals surface area contributed by atoms with Crippen molar-refractivity contribution in [2.45, 2.75) is 22.8 Å². The second kappa shape index (κ2) is 10.5. The quantitative estimate of drug-likeness (QED) is 0.362. The van der Waals surface area contributed by atoms with Gasteiger partial charge < -0.3 is 5.32 Å². The number of carbonyl (C=O) groups is 1. The van der Waals surface area contributed by atoms with Gasteiger partial charge in [0.05, 0.1) is 11.4 Å². The van der Waals surface area contributed by atoms with Gasteiger partial charge in [0.2, 0.25) is 0 Å². The molecule has 3 aromatic rings. The highest BCUT2D eigenvalue weighted by Gasteiger charge is 2.20. The summed E-state index contributed by atoms with van der Waals surface area (Å²) in [6.07, 6.45) is 8.67. The van der Waals surface area contributed by atoms with Gasteiger partial charge >= 0.3 is 0 Å². The molecule has 7 heteroatoms. The van der Waals surface area contributed by atoms with Gasteiger partial charge in [-0.05, 0) is 60.0 Å². The Balaban J connectivity index is 1.48. The number of aliphatic imine (C=N–C) groups is 1. The maximum Gasteiger partial charge on any atom is 0.251 e. The van der Waals surface area contributed by atoms with Crippen LogP contribution in [0.5, 0.6) is 0 Å². The minimum atomic E-state index is -0.202. The van der Waals surface area contributed by atoms with E-state index in [1.54, 1.807) is 23.9 Å². The zero-order chi connectivity index (χ0) is 24.4. The maximum atomic E-state index is 13.0. The SMILES string of the molecule is O=C(NCc1ccc(Cl)cc1Cl)c1ccc2c(c1)N=C(C1=CCC=C(Cl)C=C1)c1ccccc1S2. The highest BCUT2D eigenvalue weighted by Crippen LogP contribution is 2.42. The van der Waals surface area contributed by atoms with Crippen molar-refractivity contribution in [1.29, 1.82) is 0 Å². The van der Waals surface area contributed by atoms with E-state index in [0.717, 1.165) is 44.3 Å². The predicted octanol–water partition coefficient (Wildman–Crippen LogP) is 8.52. The van der Waals surface area contributed by atoms with Crippen LogP contribution in [0.4, 0.5) is 5.69 Å². The molecule has 1 heterocycles. The predicted molar refractivity (Wildman–Crippen MR) is 147 cm³/mol. The first-order valence-electron chi connectivity index (χ1n) is 10.9. The lowest BCUT2D eigenvalue weighted by atomic mass is 10.0. The number of hydrogen-bond donors (Lipinski definition) is 1. The van der Waals surface area contributed by atoms with Crippen molar-refractivity contribution in [3.63, 3.8) is 0 Å². The Hall–Kier alpha value is -2.76. The van der Waals surface area contributed by atoms with Crippen molar-refractivity contribution in [1.82, 2.24) is 5.32 Å². The zero-order valence-electron chi connectivity index (χ0n) is 18.4. The van der Waals surface area contributed by atoms with Crippen molar-refractivity contribution in [3.8, 4) is 0 Å². The first-order valence-corrected chi connectivity index (χ1v) is 12.9. The number of amides is 1. The molecule has 1 N–H and O–H groups in total. The van der Waals surface area contributed by atoms with E-state index in [-0.39, 0.29) is 5.91 Å². The fourth-order valence-electron chi connectivity index (χ4n) is 3.82. The summed E-state index contributed by atoms with van der Waals surface area (Å²) in [5.41, 5.74) is 4.96. The lowest BCUT2D eigenvalue weighted by molar-refractivity contribution is 0.0951. The number of benzene rings is 3. The Kier molecular flexibility index (Phi) is 7.17. The van der Waals surface area contributed by atoms with E-state index in [2.05, 4.69) is 23.5 Å². The standard InChI is InChI=1S/C28H19Cl3N2OS/c29-20-5-3-4-17(8-11-20)27-22-6-1-2-7-25(22)35-26-13-10-18(14-24(26)33-27)28(34)32-16-19-9-12-21(30)15-23(19)31/h1-2,4-15H,3,16H2,(H,32,34). The van der Waals surface area contributed by atoms with Gasteiger partial charge in [-0.25, -0.2) is 4.99 Å². The molecule has 0 unspecified atom stereocenters. The first-order chi connectivity index (χ1) is 17.0. The molecule has 5 rings (SSSR count). The summed E-state index contributed by atoms with van der Waals surface area (Å²) in [7, 11) is 0. The van der Waals surface area contributed by atoms with E-state index >= 15 is 0 Å². The highest BCUT2D eigenvalue weighted by molar-refractivity contribution is 7.99. The van der Waals surface area contributed by atoms with Crippen molar-refractivity contribution >= 4 is 63.9 Å². The van der Waals surface area contributed by atoms with E-state index in [4.69, 9.17) is 39.8 Å². The van der Waals surface area contributed by atoms with Crippen LogP contribution >= 0.6 is 46.6 Å². The van der Waals surface area contributed by atoms with Gasteiger partial charge in [0.15, 0.2) is 0 Å². The van der Waals surface area contributed by atoms with Crippen molar-refractivity contribution < 1.29 is 4.79 Å². The monoisotopic (exact) mass is 536 g/mol. The second-order valence-corrected chi connectivity index (χ2v) is 10.3. The number of nitrogens with one attached hydrogen (secondary N) is 1. The Morgan fingerprint density at radius 1 is 0.943 bits per heavy atom. The lowest BCUT2D eigenvalue weighted by Gasteiger charge is -2.10. The van der Waals surface area contributed by atoms with Crippen LogP contribution in [0.25, 0.3) is 0 Å². The lowest BCUT2D eigenvalue weighted by Crippen LogP contribution is -2.22. The average molecular weight is 538 g/mol. The van der Waals surface area contributed by atoms with Crippen molar-refractivity contribution in [2.24, 2.45) is 4.99 Å². The van der Waals surface area contributed by atoms with E-state index in [1.165, 1.54) is 0 Å². The number of rotatable bonds is 4. The van der Waals surface area contributed by atoms with Gasteiger partial charge in [-0.1, -0.05) is 89.1 Å². The van der Waals surface area contributed by atoms with Crippen LogP contribution in [0.15, 0.2) is 110 Å². The molecule has 3 nitrogen and oxygen atoms in total. The minimum Gasteiger partial charge on any atom is -0.348 e. The minimum absolute atomic E-state index is 0.202. The molecule has 0 radical (unpaired) electrons. The molecule has 2 aliphatic rings. The Morgan fingerprint density at radius 2 is 1.80 bits per heavy atom. The van der Waals surface area contributed by atoms with E-state index < -0.39 is 0 Å². The third kappa shape index (κ3) is 5.41. The Morgan fingerprint density at radius 3 is 2.66 bits per heavy atom.